The fourth-order valence-corrected chi connectivity index (χ4v) is 1.65. The van der Waals surface area contributed by atoms with Gasteiger partial charge >= 0.3 is 0 Å². The number of hydrogen-bond donors (Lipinski definition) is 0. The molecule has 0 aliphatic carbocycles. The van der Waals surface area contributed by atoms with Crippen LogP contribution in [0.3, 0.4) is 0 Å². The normalized spacial score (nSPS) is 24.2. The van der Waals surface area contributed by atoms with Crippen LogP contribution in [0.1, 0.15) is 26.7 Å². The van der Waals surface area contributed by atoms with Gasteiger partial charge in [-0.2, -0.15) is 0 Å². The molecule has 2 nitrogen and oxygen atoms in total. The Morgan fingerprint density at radius 3 is 2.75 bits per heavy atom. The van der Waals surface area contributed by atoms with Gasteiger partial charge in [0.25, 0.3) is 0 Å². The molecule has 0 saturated carbocycles. The van der Waals surface area contributed by atoms with Crippen LogP contribution in [0, 0.1) is 5.92 Å². The first-order chi connectivity index (χ1) is 5.59. The summed E-state index contributed by atoms with van der Waals surface area (Å²) < 4.78 is 0. The van der Waals surface area contributed by atoms with E-state index in [1.165, 1.54) is 0 Å². The molecular formula is C9H16ClNO. The van der Waals surface area contributed by atoms with Crippen molar-refractivity contribution in [3.8, 4) is 0 Å². The predicted octanol–water partition coefficient (Wildman–Crippen LogP) is 1.87. The smallest absolute Gasteiger partial charge is 0.224 e. The summed E-state index contributed by atoms with van der Waals surface area (Å²) in [7, 11) is 0. The van der Waals surface area contributed by atoms with Crippen LogP contribution in [-0.2, 0) is 4.79 Å². The third kappa shape index (κ3) is 2.67. The lowest BCUT2D eigenvalue weighted by Crippen LogP contribution is -2.27. The van der Waals surface area contributed by atoms with E-state index in [1.807, 2.05) is 4.90 Å². The average Bonchev–Trinajstić information content (AvgIpc) is 2.26. The maximum absolute atomic E-state index is 11.2. The Morgan fingerprint density at radius 2 is 2.33 bits per heavy atom. The first-order valence-corrected chi connectivity index (χ1v) is 4.95. The molecule has 3 heteroatoms. The minimum Gasteiger partial charge on any atom is -0.341 e. The zero-order chi connectivity index (χ0) is 9.14. The molecule has 1 unspecified atom stereocenters. The summed E-state index contributed by atoms with van der Waals surface area (Å²) in [4.78, 5) is 13.1. The molecule has 1 rings (SSSR count). The lowest BCUT2D eigenvalue weighted by Gasteiger charge is -2.16. The predicted molar refractivity (Wildman–Crippen MR) is 50.3 cm³/mol. The Hall–Kier alpha value is -0.240. The monoisotopic (exact) mass is 189 g/mol. The quantitative estimate of drug-likeness (QED) is 0.621. The third-order valence-electron chi connectivity index (χ3n) is 2.14. The summed E-state index contributed by atoms with van der Waals surface area (Å²) in [6, 6.07) is 0. The fourth-order valence-electron chi connectivity index (χ4n) is 1.35. The molecule has 1 aliphatic rings. The Kier molecular flexibility index (Phi) is 3.39. The Labute approximate surface area is 78.9 Å². The number of nitrogens with zero attached hydrogens (tertiary/aromatic N) is 1. The van der Waals surface area contributed by atoms with E-state index < -0.39 is 0 Å². The molecule has 12 heavy (non-hydrogen) atoms. The van der Waals surface area contributed by atoms with Crippen molar-refractivity contribution >= 4 is 17.5 Å². The van der Waals surface area contributed by atoms with Gasteiger partial charge in [-0.15, -0.1) is 11.6 Å². The van der Waals surface area contributed by atoms with E-state index in [2.05, 4.69) is 13.8 Å². The van der Waals surface area contributed by atoms with Gasteiger partial charge in [0.2, 0.25) is 5.91 Å². The first-order valence-electron chi connectivity index (χ1n) is 4.51. The highest BCUT2D eigenvalue weighted by molar-refractivity contribution is 6.22. The number of likely N-dealkylation sites (tertiary alicyclic amines) is 1. The van der Waals surface area contributed by atoms with Crippen LogP contribution in [0.5, 0.6) is 0 Å². The van der Waals surface area contributed by atoms with Gasteiger partial charge in [0, 0.05) is 19.5 Å². The molecule has 0 aromatic heterocycles. The lowest BCUT2D eigenvalue weighted by atomic mass is 10.1. The number of carbonyl (C=O) groups is 1. The van der Waals surface area contributed by atoms with Gasteiger partial charge in [0.05, 0.1) is 5.38 Å². The van der Waals surface area contributed by atoms with Crippen molar-refractivity contribution in [3.63, 3.8) is 0 Å². The molecule has 1 fully saturated rings. The van der Waals surface area contributed by atoms with Crippen LogP contribution in [0.25, 0.3) is 0 Å². The molecule has 1 amide bonds. The standard InChI is InChI=1S/C9H16ClNO/c1-7(2)3-4-11-6-8(10)5-9(11)12/h7-8H,3-6H2,1-2H3. The van der Waals surface area contributed by atoms with Gasteiger partial charge in [0.1, 0.15) is 0 Å². The van der Waals surface area contributed by atoms with E-state index in [0.29, 0.717) is 12.3 Å². The maximum atomic E-state index is 11.2. The molecule has 0 spiro atoms. The molecule has 1 aliphatic heterocycles. The highest BCUT2D eigenvalue weighted by Gasteiger charge is 2.27. The topological polar surface area (TPSA) is 20.3 Å². The van der Waals surface area contributed by atoms with Crippen molar-refractivity contribution in [3.05, 3.63) is 0 Å². The minimum atomic E-state index is 0.0460. The summed E-state index contributed by atoms with van der Waals surface area (Å²) in [6.07, 6.45) is 1.61. The maximum Gasteiger partial charge on any atom is 0.224 e. The molecule has 70 valence electrons. The van der Waals surface area contributed by atoms with E-state index >= 15 is 0 Å². The van der Waals surface area contributed by atoms with Crippen molar-refractivity contribution in [1.29, 1.82) is 0 Å². The van der Waals surface area contributed by atoms with Crippen LogP contribution in [0.4, 0.5) is 0 Å². The van der Waals surface area contributed by atoms with Gasteiger partial charge < -0.3 is 4.90 Å². The zero-order valence-corrected chi connectivity index (χ0v) is 8.47. The van der Waals surface area contributed by atoms with E-state index in [-0.39, 0.29) is 11.3 Å². The zero-order valence-electron chi connectivity index (χ0n) is 7.72. The summed E-state index contributed by atoms with van der Waals surface area (Å²) >= 11 is 5.85. The number of rotatable bonds is 3. The molecule has 0 aromatic rings. The number of amides is 1. The van der Waals surface area contributed by atoms with Crippen molar-refractivity contribution in [2.24, 2.45) is 5.92 Å². The van der Waals surface area contributed by atoms with Gasteiger partial charge in [-0.3, -0.25) is 4.79 Å². The Bertz CT molecular complexity index is 170. The summed E-state index contributed by atoms with van der Waals surface area (Å²) in [5.41, 5.74) is 0. The van der Waals surface area contributed by atoms with Crippen LogP contribution in [0.2, 0.25) is 0 Å². The SMILES string of the molecule is CC(C)CCN1CC(Cl)CC1=O. The molecule has 0 N–H and O–H groups in total. The number of carbonyl (C=O) groups excluding carboxylic acids is 1. The van der Waals surface area contributed by atoms with E-state index in [9.17, 15) is 4.79 Å². The summed E-state index contributed by atoms with van der Waals surface area (Å²) in [5.74, 6) is 0.878. The van der Waals surface area contributed by atoms with Crippen LogP contribution in [0.15, 0.2) is 0 Å². The van der Waals surface area contributed by atoms with Gasteiger partial charge in [-0.05, 0) is 12.3 Å². The highest BCUT2D eigenvalue weighted by Crippen LogP contribution is 2.17. The molecule has 0 bridgehead atoms. The molecule has 0 aromatic carbocycles. The molecule has 1 heterocycles. The molecule has 1 saturated heterocycles. The second kappa shape index (κ2) is 4.13. The Balaban J connectivity index is 2.28. The van der Waals surface area contributed by atoms with Crippen LogP contribution in [-0.4, -0.2) is 29.3 Å². The number of hydrogen-bond acceptors (Lipinski definition) is 1. The summed E-state index contributed by atoms with van der Waals surface area (Å²) in [5, 5.41) is 0.0460. The van der Waals surface area contributed by atoms with Crippen molar-refractivity contribution in [2.75, 3.05) is 13.1 Å². The van der Waals surface area contributed by atoms with Gasteiger partial charge in [-0.25, -0.2) is 0 Å². The van der Waals surface area contributed by atoms with Crippen molar-refractivity contribution in [2.45, 2.75) is 32.1 Å². The second-order valence-corrected chi connectivity index (χ2v) is 4.44. The molecule has 1 atom stereocenters. The lowest BCUT2D eigenvalue weighted by molar-refractivity contribution is -0.127. The molecular weight excluding hydrogens is 174 g/mol. The van der Waals surface area contributed by atoms with E-state index in [0.717, 1.165) is 19.5 Å². The fraction of sp³-hybridized carbons (Fsp3) is 0.889. The van der Waals surface area contributed by atoms with Gasteiger partial charge in [0.15, 0.2) is 0 Å². The second-order valence-electron chi connectivity index (χ2n) is 3.82. The Morgan fingerprint density at radius 1 is 1.67 bits per heavy atom. The third-order valence-corrected chi connectivity index (χ3v) is 2.44. The van der Waals surface area contributed by atoms with Crippen LogP contribution < -0.4 is 0 Å². The van der Waals surface area contributed by atoms with Crippen molar-refractivity contribution in [1.82, 2.24) is 4.90 Å². The van der Waals surface area contributed by atoms with E-state index in [1.54, 1.807) is 0 Å². The number of halogens is 1. The van der Waals surface area contributed by atoms with Crippen LogP contribution >= 0.6 is 11.6 Å². The summed E-state index contributed by atoms with van der Waals surface area (Å²) in [6.45, 7) is 5.95. The van der Waals surface area contributed by atoms with E-state index in [4.69, 9.17) is 11.6 Å². The first kappa shape index (κ1) is 9.85. The average molecular weight is 190 g/mol. The van der Waals surface area contributed by atoms with Gasteiger partial charge in [-0.1, -0.05) is 13.8 Å². The largest absolute Gasteiger partial charge is 0.341 e. The highest BCUT2D eigenvalue weighted by atomic mass is 35.5. The minimum absolute atomic E-state index is 0.0460. The molecule has 0 radical (unpaired) electrons. The van der Waals surface area contributed by atoms with Crippen molar-refractivity contribution < 1.29 is 4.79 Å². The number of alkyl halides is 1.